The molecule has 0 aromatic heterocycles. The molecule has 2 aromatic rings. The van der Waals surface area contributed by atoms with Crippen LogP contribution in [0.1, 0.15) is 34.8 Å². The average Bonchev–Trinajstić information content (AvgIpc) is 2.62. The van der Waals surface area contributed by atoms with Crippen LogP contribution in [0.5, 0.6) is 0 Å². The number of nitro benzene ring substituents is 1. The van der Waals surface area contributed by atoms with Crippen LogP contribution in [0.2, 0.25) is 0 Å². The van der Waals surface area contributed by atoms with Crippen LogP contribution in [0, 0.1) is 24.0 Å². The first-order valence-electron chi connectivity index (χ1n) is 8.22. The zero-order valence-corrected chi connectivity index (χ0v) is 15.3. The smallest absolute Gasteiger partial charge is 0.282 e. The van der Waals surface area contributed by atoms with E-state index < -0.39 is 10.8 Å². The minimum Gasteiger partial charge on any atom is -0.326 e. The number of amides is 2. The van der Waals surface area contributed by atoms with E-state index in [1.807, 2.05) is 32.0 Å². The largest absolute Gasteiger partial charge is 0.326 e. The summed E-state index contributed by atoms with van der Waals surface area (Å²) in [5, 5.41) is 17.6. The van der Waals surface area contributed by atoms with Gasteiger partial charge in [-0.1, -0.05) is 29.8 Å². The number of anilines is 1. The molecule has 2 N–H and O–H groups in total. The molecule has 0 saturated carbocycles. The summed E-state index contributed by atoms with van der Waals surface area (Å²) in [6.45, 7) is 5.45. The molecular weight excluding hydrogens is 348 g/mol. The standard InChI is InChI=1S/C19H20N4O4/c1-12-8-9-16(13(2)10-12)20-18(24)11-14(3)21-22-19(25)15-6-4-5-7-17(15)23(26)27/h4-10H,11H2,1-3H3,(H,20,24)(H,22,25)/b21-14+. The first-order valence-corrected chi connectivity index (χ1v) is 8.22. The third-order valence-electron chi connectivity index (χ3n) is 3.77. The molecule has 0 aliphatic rings. The molecule has 0 saturated heterocycles. The van der Waals surface area contributed by atoms with Gasteiger partial charge >= 0.3 is 0 Å². The first-order chi connectivity index (χ1) is 12.8. The molecule has 0 spiro atoms. The van der Waals surface area contributed by atoms with Gasteiger partial charge in [-0.25, -0.2) is 5.43 Å². The molecule has 27 heavy (non-hydrogen) atoms. The van der Waals surface area contributed by atoms with Gasteiger partial charge in [-0.05, 0) is 38.5 Å². The Morgan fingerprint density at radius 2 is 1.85 bits per heavy atom. The highest BCUT2D eigenvalue weighted by Gasteiger charge is 2.18. The Labute approximate surface area is 156 Å². The van der Waals surface area contributed by atoms with Crippen LogP contribution in [-0.4, -0.2) is 22.4 Å². The molecule has 2 rings (SSSR count). The van der Waals surface area contributed by atoms with E-state index in [-0.39, 0.29) is 23.6 Å². The molecule has 140 valence electrons. The van der Waals surface area contributed by atoms with Crippen molar-refractivity contribution in [1.29, 1.82) is 0 Å². The van der Waals surface area contributed by atoms with E-state index in [4.69, 9.17) is 0 Å². The number of rotatable bonds is 6. The second-order valence-corrected chi connectivity index (χ2v) is 6.11. The van der Waals surface area contributed by atoms with Crippen LogP contribution in [-0.2, 0) is 4.79 Å². The summed E-state index contributed by atoms with van der Waals surface area (Å²) in [5.74, 6) is -0.986. The average molecular weight is 368 g/mol. The fourth-order valence-corrected chi connectivity index (χ4v) is 2.45. The summed E-state index contributed by atoms with van der Waals surface area (Å²) in [5.41, 5.74) is 4.96. The summed E-state index contributed by atoms with van der Waals surface area (Å²) in [6.07, 6.45) is -0.0233. The van der Waals surface area contributed by atoms with Gasteiger partial charge in [0, 0.05) is 17.5 Å². The molecule has 0 aliphatic heterocycles. The summed E-state index contributed by atoms with van der Waals surface area (Å²) >= 11 is 0. The number of carbonyl (C=O) groups is 2. The van der Waals surface area contributed by atoms with Crippen molar-refractivity contribution in [1.82, 2.24) is 5.43 Å². The van der Waals surface area contributed by atoms with E-state index >= 15 is 0 Å². The zero-order valence-electron chi connectivity index (χ0n) is 15.3. The second-order valence-electron chi connectivity index (χ2n) is 6.11. The Balaban J connectivity index is 1.98. The molecule has 0 radical (unpaired) electrons. The van der Waals surface area contributed by atoms with Crippen LogP contribution in [0.25, 0.3) is 0 Å². The number of aryl methyl sites for hydroxylation is 2. The van der Waals surface area contributed by atoms with E-state index in [0.29, 0.717) is 11.4 Å². The minimum absolute atomic E-state index is 0.0233. The van der Waals surface area contributed by atoms with E-state index in [0.717, 1.165) is 11.1 Å². The highest BCUT2D eigenvalue weighted by molar-refractivity contribution is 6.06. The lowest BCUT2D eigenvalue weighted by Gasteiger charge is -2.09. The van der Waals surface area contributed by atoms with Crippen LogP contribution in [0.4, 0.5) is 11.4 Å². The highest BCUT2D eigenvalue weighted by atomic mass is 16.6. The van der Waals surface area contributed by atoms with Crippen molar-refractivity contribution in [2.75, 3.05) is 5.32 Å². The number of nitrogens with one attached hydrogen (secondary N) is 2. The van der Waals surface area contributed by atoms with Crippen molar-refractivity contribution >= 4 is 28.9 Å². The minimum atomic E-state index is -0.712. The molecular formula is C19H20N4O4. The van der Waals surface area contributed by atoms with Crippen molar-refractivity contribution in [2.24, 2.45) is 5.10 Å². The van der Waals surface area contributed by atoms with E-state index in [9.17, 15) is 19.7 Å². The first kappa shape index (κ1) is 19.8. The molecule has 0 bridgehead atoms. The maximum Gasteiger partial charge on any atom is 0.282 e. The van der Waals surface area contributed by atoms with Gasteiger partial charge in [-0.15, -0.1) is 0 Å². The van der Waals surface area contributed by atoms with Crippen LogP contribution < -0.4 is 10.7 Å². The molecule has 8 nitrogen and oxygen atoms in total. The fourth-order valence-electron chi connectivity index (χ4n) is 2.45. The van der Waals surface area contributed by atoms with E-state index in [2.05, 4.69) is 15.8 Å². The third-order valence-corrected chi connectivity index (χ3v) is 3.77. The fraction of sp³-hybridized carbons (Fsp3) is 0.211. The number of hydrogen-bond acceptors (Lipinski definition) is 5. The highest BCUT2D eigenvalue weighted by Crippen LogP contribution is 2.18. The van der Waals surface area contributed by atoms with Crippen molar-refractivity contribution in [2.45, 2.75) is 27.2 Å². The summed E-state index contributed by atoms with van der Waals surface area (Å²) in [4.78, 5) is 34.6. The van der Waals surface area contributed by atoms with Crippen molar-refractivity contribution < 1.29 is 14.5 Å². The van der Waals surface area contributed by atoms with Crippen molar-refractivity contribution in [3.05, 3.63) is 69.3 Å². The molecule has 0 atom stereocenters. The summed E-state index contributed by atoms with van der Waals surface area (Å²) in [6, 6.07) is 11.3. The lowest BCUT2D eigenvalue weighted by molar-refractivity contribution is -0.385. The number of para-hydroxylation sites is 1. The van der Waals surface area contributed by atoms with Gasteiger partial charge < -0.3 is 5.32 Å². The lowest BCUT2D eigenvalue weighted by atomic mass is 10.1. The lowest BCUT2D eigenvalue weighted by Crippen LogP contribution is -2.22. The Hall–Kier alpha value is -3.55. The summed E-state index contributed by atoms with van der Waals surface area (Å²) in [7, 11) is 0. The SMILES string of the molecule is C/C(CC(=O)Nc1ccc(C)cc1C)=N\NC(=O)c1ccccc1[N+](=O)[O-]. The van der Waals surface area contributed by atoms with Gasteiger partial charge in [0.1, 0.15) is 5.56 Å². The second kappa shape index (κ2) is 8.70. The Bertz CT molecular complexity index is 922. The van der Waals surface area contributed by atoms with Gasteiger partial charge in [0.2, 0.25) is 5.91 Å². The van der Waals surface area contributed by atoms with Crippen LogP contribution in [0.3, 0.4) is 0 Å². The number of hydrogen-bond donors (Lipinski definition) is 2. The topological polar surface area (TPSA) is 114 Å². The van der Waals surface area contributed by atoms with Crippen molar-refractivity contribution in [3.8, 4) is 0 Å². The molecule has 2 amide bonds. The maximum atomic E-state index is 12.1. The van der Waals surface area contributed by atoms with Crippen molar-refractivity contribution in [3.63, 3.8) is 0 Å². The zero-order chi connectivity index (χ0) is 20.0. The van der Waals surface area contributed by atoms with Gasteiger partial charge in [-0.3, -0.25) is 19.7 Å². The predicted molar refractivity (Wildman–Crippen MR) is 103 cm³/mol. The monoisotopic (exact) mass is 368 g/mol. The Morgan fingerprint density at radius 1 is 1.15 bits per heavy atom. The Morgan fingerprint density at radius 3 is 2.52 bits per heavy atom. The maximum absolute atomic E-state index is 12.1. The number of hydrazone groups is 1. The quantitative estimate of drug-likeness (QED) is 0.462. The van der Waals surface area contributed by atoms with Gasteiger partial charge in [0.05, 0.1) is 11.3 Å². The number of nitrogens with zero attached hydrogens (tertiary/aromatic N) is 2. The van der Waals surface area contributed by atoms with Gasteiger partial charge in [0.15, 0.2) is 0 Å². The molecule has 2 aromatic carbocycles. The van der Waals surface area contributed by atoms with E-state index in [1.165, 1.54) is 24.3 Å². The van der Waals surface area contributed by atoms with Crippen LogP contribution in [0.15, 0.2) is 47.6 Å². The molecule has 8 heteroatoms. The Kier molecular flexibility index (Phi) is 6.37. The predicted octanol–water partition coefficient (Wildman–Crippen LogP) is 3.35. The number of benzene rings is 2. The third kappa shape index (κ3) is 5.46. The van der Waals surface area contributed by atoms with Gasteiger partial charge in [-0.2, -0.15) is 5.10 Å². The molecule has 0 fully saturated rings. The van der Waals surface area contributed by atoms with Crippen LogP contribution >= 0.6 is 0 Å². The van der Waals surface area contributed by atoms with Gasteiger partial charge in [0.25, 0.3) is 11.6 Å². The molecule has 0 aliphatic carbocycles. The van der Waals surface area contributed by atoms with E-state index in [1.54, 1.807) is 6.92 Å². The number of nitro groups is 1. The normalized spacial score (nSPS) is 11.0. The molecule has 0 unspecified atom stereocenters. The molecule has 0 heterocycles. The number of carbonyl (C=O) groups excluding carboxylic acids is 2. The summed E-state index contributed by atoms with van der Waals surface area (Å²) < 4.78 is 0.